The third-order valence-electron chi connectivity index (χ3n) is 5.18. The predicted octanol–water partition coefficient (Wildman–Crippen LogP) is 3.41. The number of ether oxygens (including phenoxy) is 1. The van der Waals surface area contributed by atoms with Crippen molar-refractivity contribution in [1.82, 2.24) is 25.1 Å². The molecule has 1 aliphatic heterocycles. The van der Waals surface area contributed by atoms with Crippen LogP contribution in [-0.2, 0) is 4.74 Å². The van der Waals surface area contributed by atoms with Crippen LogP contribution >= 0.6 is 0 Å². The van der Waals surface area contributed by atoms with Gasteiger partial charge in [-0.3, -0.25) is 4.79 Å². The van der Waals surface area contributed by atoms with Gasteiger partial charge in [-0.15, -0.1) is 10.2 Å². The molecule has 5 rings (SSSR count). The summed E-state index contributed by atoms with van der Waals surface area (Å²) in [6.45, 7) is 2.33. The largest absolute Gasteiger partial charge is 0.414 e. The van der Waals surface area contributed by atoms with Gasteiger partial charge >= 0.3 is 0 Å². The van der Waals surface area contributed by atoms with Crippen molar-refractivity contribution in [2.45, 2.75) is 0 Å². The van der Waals surface area contributed by atoms with Gasteiger partial charge in [0.1, 0.15) is 0 Å². The number of carbonyl (C=O) groups excluding carboxylic acids is 1. The molecule has 2 aromatic carbocycles. The van der Waals surface area contributed by atoms with Gasteiger partial charge in [0.25, 0.3) is 11.8 Å². The number of hydrogen-bond acceptors (Lipinski definition) is 8. The van der Waals surface area contributed by atoms with Crippen LogP contribution in [0.5, 0.6) is 0 Å². The van der Waals surface area contributed by atoms with Crippen molar-refractivity contribution in [2.24, 2.45) is 0 Å². The standard InChI is InChI=1S/C23H20N6O3.2H2/c24-20-19(22-28-27-21(32-22)16-4-2-1-3-5-16)26-18(14-25-20)15-6-8-17(9-7-15)23(30)29-10-12-31-13-11-29;;/h1-9,14H,10-13H2,(H2,24,25);2*1H. The van der Waals surface area contributed by atoms with Crippen LogP contribution in [0.25, 0.3) is 34.3 Å². The van der Waals surface area contributed by atoms with Crippen molar-refractivity contribution in [1.29, 1.82) is 0 Å². The van der Waals surface area contributed by atoms with Gasteiger partial charge in [-0.2, -0.15) is 0 Å². The number of nitrogens with two attached hydrogens (primary N) is 1. The van der Waals surface area contributed by atoms with Crippen molar-refractivity contribution in [3.63, 3.8) is 0 Å². The van der Waals surface area contributed by atoms with Gasteiger partial charge in [-0.25, -0.2) is 9.97 Å². The van der Waals surface area contributed by atoms with Crippen molar-refractivity contribution in [3.8, 4) is 34.3 Å². The molecule has 0 spiro atoms. The second kappa shape index (κ2) is 8.56. The number of anilines is 1. The van der Waals surface area contributed by atoms with E-state index in [-0.39, 0.29) is 20.5 Å². The summed E-state index contributed by atoms with van der Waals surface area (Å²) < 4.78 is 11.1. The van der Waals surface area contributed by atoms with Gasteiger partial charge in [0, 0.05) is 32.6 Å². The van der Waals surface area contributed by atoms with E-state index in [0.29, 0.717) is 49.1 Å². The summed E-state index contributed by atoms with van der Waals surface area (Å²) in [5.74, 6) is 0.743. The highest BCUT2D eigenvalue weighted by molar-refractivity contribution is 5.94. The molecule has 1 amide bonds. The van der Waals surface area contributed by atoms with E-state index in [4.69, 9.17) is 14.9 Å². The van der Waals surface area contributed by atoms with Crippen LogP contribution in [0.1, 0.15) is 13.2 Å². The van der Waals surface area contributed by atoms with Gasteiger partial charge in [-0.1, -0.05) is 30.3 Å². The minimum atomic E-state index is -0.0109. The normalized spacial score (nSPS) is 13.8. The number of morpholine rings is 1. The second-order valence-electron chi connectivity index (χ2n) is 7.25. The number of hydrogen-bond donors (Lipinski definition) is 1. The molecular formula is C23H24N6O3. The molecule has 0 bridgehead atoms. The number of benzene rings is 2. The summed E-state index contributed by atoms with van der Waals surface area (Å²) in [6.07, 6.45) is 1.58. The average Bonchev–Trinajstić information content (AvgIpc) is 3.35. The Morgan fingerprint density at radius 3 is 2.41 bits per heavy atom. The minimum absolute atomic E-state index is 0. The molecule has 2 aromatic heterocycles. The molecule has 0 saturated carbocycles. The number of amides is 1. The zero-order chi connectivity index (χ0) is 21.9. The molecule has 9 nitrogen and oxygen atoms in total. The molecule has 0 aliphatic carbocycles. The monoisotopic (exact) mass is 432 g/mol. The number of nitrogens with zero attached hydrogens (tertiary/aromatic N) is 5. The molecule has 164 valence electrons. The highest BCUT2D eigenvalue weighted by Gasteiger charge is 2.19. The quantitative estimate of drug-likeness (QED) is 0.521. The second-order valence-corrected chi connectivity index (χ2v) is 7.25. The fraction of sp³-hybridized carbons (Fsp3) is 0.174. The molecule has 32 heavy (non-hydrogen) atoms. The summed E-state index contributed by atoms with van der Waals surface area (Å²) in [7, 11) is 0. The van der Waals surface area contributed by atoms with E-state index in [1.54, 1.807) is 23.2 Å². The number of aromatic nitrogens is 4. The molecule has 9 heteroatoms. The highest BCUT2D eigenvalue weighted by Crippen LogP contribution is 2.28. The summed E-state index contributed by atoms with van der Waals surface area (Å²) in [5, 5.41) is 8.18. The van der Waals surface area contributed by atoms with Crippen LogP contribution in [0.15, 0.2) is 65.2 Å². The van der Waals surface area contributed by atoms with Gasteiger partial charge in [0.2, 0.25) is 5.89 Å². The van der Waals surface area contributed by atoms with Crippen LogP contribution in [0.3, 0.4) is 0 Å². The van der Waals surface area contributed by atoms with Gasteiger partial charge in [-0.05, 0) is 24.3 Å². The highest BCUT2D eigenvalue weighted by atomic mass is 16.5. The Hall–Kier alpha value is -4.11. The lowest BCUT2D eigenvalue weighted by atomic mass is 10.1. The van der Waals surface area contributed by atoms with Crippen molar-refractivity contribution in [2.75, 3.05) is 32.0 Å². The maximum Gasteiger partial charge on any atom is 0.270 e. The molecular weight excluding hydrogens is 408 g/mol. The molecule has 2 N–H and O–H groups in total. The van der Waals surface area contributed by atoms with Crippen molar-refractivity contribution < 1.29 is 16.8 Å². The van der Waals surface area contributed by atoms with E-state index in [9.17, 15) is 4.79 Å². The smallest absolute Gasteiger partial charge is 0.270 e. The van der Waals surface area contributed by atoms with Crippen molar-refractivity contribution >= 4 is 11.7 Å². The van der Waals surface area contributed by atoms with Crippen LogP contribution in [0.4, 0.5) is 5.82 Å². The fourth-order valence-electron chi connectivity index (χ4n) is 3.44. The SMILES string of the molecule is Nc1ncc(-c2ccc(C(=O)N3CCOCC3)cc2)nc1-c1nnc(-c2ccccc2)o1.[HH].[HH]. The van der Waals surface area contributed by atoms with Gasteiger partial charge in [0.15, 0.2) is 11.5 Å². The van der Waals surface area contributed by atoms with E-state index in [1.165, 1.54) is 0 Å². The minimum Gasteiger partial charge on any atom is -0.414 e. The zero-order valence-corrected chi connectivity index (χ0v) is 17.1. The first-order valence-corrected chi connectivity index (χ1v) is 10.2. The molecule has 0 radical (unpaired) electrons. The van der Waals surface area contributed by atoms with Crippen LogP contribution in [0, 0.1) is 0 Å². The Balaban J connectivity index is 0.00000162. The first-order valence-electron chi connectivity index (χ1n) is 10.2. The first-order chi connectivity index (χ1) is 15.7. The molecule has 3 heterocycles. The Morgan fingerprint density at radius 2 is 1.66 bits per heavy atom. The Kier molecular flexibility index (Phi) is 5.30. The zero-order valence-electron chi connectivity index (χ0n) is 17.1. The van der Waals surface area contributed by atoms with Crippen molar-refractivity contribution in [3.05, 3.63) is 66.4 Å². The van der Waals surface area contributed by atoms with E-state index < -0.39 is 0 Å². The number of nitrogen functional groups attached to an aromatic ring is 1. The summed E-state index contributed by atoms with van der Waals surface area (Å²) in [4.78, 5) is 23.3. The Morgan fingerprint density at radius 1 is 0.938 bits per heavy atom. The Bertz CT molecular complexity index is 1250. The predicted molar refractivity (Wildman–Crippen MR) is 122 cm³/mol. The van der Waals surface area contributed by atoms with Gasteiger partial charge in [0.05, 0.1) is 25.1 Å². The van der Waals surface area contributed by atoms with Gasteiger partial charge < -0.3 is 19.8 Å². The summed E-state index contributed by atoms with van der Waals surface area (Å²) in [5.41, 5.74) is 9.13. The molecule has 0 atom stereocenters. The fourth-order valence-corrected chi connectivity index (χ4v) is 3.44. The van der Waals surface area contributed by atoms with Crippen LogP contribution in [-0.4, -0.2) is 57.3 Å². The molecule has 0 unspecified atom stereocenters. The first kappa shape index (κ1) is 19.8. The lowest BCUT2D eigenvalue weighted by Crippen LogP contribution is -2.40. The molecule has 1 aliphatic rings. The van der Waals surface area contributed by atoms with E-state index >= 15 is 0 Å². The van der Waals surface area contributed by atoms with Crippen LogP contribution in [0.2, 0.25) is 0 Å². The van der Waals surface area contributed by atoms with E-state index in [2.05, 4.69) is 20.2 Å². The Labute approximate surface area is 186 Å². The molecule has 4 aromatic rings. The van der Waals surface area contributed by atoms with E-state index in [1.807, 2.05) is 42.5 Å². The molecule has 1 saturated heterocycles. The lowest BCUT2D eigenvalue weighted by molar-refractivity contribution is 0.0303. The third-order valence-corrected chi connectivity index (χ3v) is 5.18. The number of carbonyl (C=O) groups is 1. The lowest BCUT2D eigenvalue weighted by Gasteiger charge is -2.26. The maximum atomic E-state index is 12.6. The number of rotatable bonds is 4. The van der Waals surface area contributed by atoms with Crippen LogP contribution < -0.4 is 5.73 Å². The third kappa shape index (κ3) is 3.93. The van der Waals surface area contributed by atoms with E-state index in [0.717, 1.165) is 11.1 Å². The average molecular weight is 432 g/mol. The summed E-state index contributed by atoms with van der Waals surface area (Å²) >= 11 is 0. The maximum absolute atomic E-state index is 12.6. The topological polar surface area (TPSA) is 120 Å². The molecule has 1 fully saturated rings. The summed E-state index contributed by atoms with van der Waals surface area (Å²) in [6, 6.07) is 16.7.